The van der Waals surface area contributed by atoms with Crippen molar-refractivity contribution in [2.24, 2.45) is 0 Å². The summed E-state index contributed by atoms with van der Waals surface area (Å²) in [5.74, 6) is -1.41. The summed E-state index contributed by atoms with van der Waals surface area (Å²) in [7, 11) is 1.17. The number of phenols is 1. The van der Waals surface area contributed by atoms with Gasteiger partial charge in [-0.25, -0.2) is 0 Å². The molecule has 0 bridgehead atoms. The molecule has 1 saturated heterocycles. The van der Waals surface area contributed by atoms with E-state index in [1.54, 1.807) is 0 Å². The zero-order chi connectivity index (χ0) is 19.0. The second-order valence-corrected chi connectivity index (χ2v) is 5.62. The number of amides is 1. The Hall–Kier alpha value is -2.64. The molecule has 25 heavy (non-hydrogen) atoms. The second-order valence-electron chi connectivity index (χ2n) is 5.62. The lowest BCUT2D eigenvalue weighted by Crippen LogP contribution is -2.36. The normalized spacial score (nSPS) is 16.0. The molecule has 2 rings (SSSR count). The summed E-state index contributed by atoms with van der Waals surface area (Å²) in [5.41, 5.74) is -0.803. The average Bonchev–Trinajstić information content (AvgIpc) is 3.09. The molecule has 0 aromatic heterocycles. The maximum atomic E-state index is 12.4. The number of hydrogen-bond donors (Lipinski definition) is 1. The van der Waals surface area contributed by atoms with E-state index in [-0.39, 0.29) is 11.3 Å². The van der Waals surface area contributed by atoms with Crippen molar-refractivity contribution in [1.29, 1.82) is 0 Å². The van der Waals surface area contributed by atoms with Crippen molar-refractivity contribution in [3.8, 4) is 11.5 Å². The molecule has 1 heterocycles. The van der Waals surface area contributed by atoms with Gasteiger partial charge in [0.1, 0.15) is 11.8 Å². The van der Waals surface area contributed by atoms with Crippen molar-refractivity contribution in [2.75, 3.05) is 13.7 Å². The molecule has 0 saturated carbocycles. The number of aldehydes is 1. The van der Waals surface area contributed by atoms with Crippen LogP contribution in [-0.4, -0.2) is 46.8 Å². The van der Waals surface area contributed by atoms with Crippen LogP contribution in [0.1, 0.15) is 49.9 Å². The molecule has 1 amide bonds. The van der Waals surface area contributed by atoms with Gasteiger partial charge in [-0.1, -0.05) is 26.7 Å². The quantitative estimate of drug-likeness (QED) is 0.495. The van der Waals surface area contributed by atoms with Gasteiger partial charge >= 0.3 is 5.69 Å². The lowest BCUT2D eigenvalue weighted by atomic mass is 10.1. The van der Waals surface area contributed by atoms with Gasteiger partial charge in [0.05, 0.1) is 18.1 Å². The molecule has 0 aliphatic carbocycles. The molecule has 8 heteroatoms. The van der Waals surface area contributed by atoms with Crippen LogP contribution in [0, 0.1) is 10.1 Å². The number of methoxy groups -OCH3 is 1. The standard InChI is InChI=1S/C13H14N2O6.C4H10/c1-21-12-10(17)5-4-9(11(12)15(19)20)13(18)14-6-2-3-8(14)7-16;1-3-4-2/h4-5,7-8,17H,2-3,6H2,1H3;3-4H2,1-2H3/t8-;/m0./s1. The van der Waals surface area contributed by atoms with Crippen molar-refractivity contribution in [1.82, 2.24) is 4.90 Å². The van der Waals surface area contributed by atoms with E-state index in [1.165, 1.54) is 30.9 Å². The first-order valence-electron chi connectivity index (χ1n) is 8.23. The van der Waals surface area contributed by atoms with Crippen molar-refractivity contribution >= 4 is 17.9 Å². The van der Waals surface area contributed by atoms with E-state index in [0.717, 1.165) is 6.07 Å². The fourth-order valence-electron chi connectivity index (χ4n) is 2.46. The summed E-state index contributed by atoms with van der Waals surface area (Å²) in [6.45, 7) is 4.72. The first-order valence-corrected chi connectivity index (χ1v) is 8.23. The minimum absolute atomic E-state index is 0.205. The Bertz CT molecular complexity index is 630. The topological polar surface area (TPSA) is 110 Å². The molecule has 1 atom stereocenters. The third kappa shape index (κ3) is 4.68. The predicted octanol–water partition coefficient (Wildman–Crippen LogP) is 2.92. The van der Waals surface area contributed by atoms with Crippen molar-refractivity contribution in [2.45, 2.75) is 45.6 Å². The van der Waals surface area contributed by atoms with Gasteiger partial charge in [-0.05, 0) is 25.0 Å². The molecule has 8 nitrogen and oxygen atoms in total. The van der Waals surface area contributed by atoms with E-state index in [9.17, 15) is 24.8 Å². The Balaban J connectivity index is 0.000000705. The largest absolute Gasteiger partial charge is 0.504 e. The molecule has 0 spiro atoms. The molecule has 138 valence electrons. The Kier molecular flexibility index (Phi) is 7.84. The second kappa shape index (κ2) is 9.61. The van der Waals surface area contributed by atoms with Crippen LogP contribution in [-0.2, 0) is 4.79 Å². The number of nitrogens with zero attached hydrogens (tertiary/aromatic N) is 2. The number of nitro benzene ring substituents is 1. The number of ether oxygens (including phenoxy) is 1. The molecule has 1 aromatic rings. The summed E-state index contributed by atoms with van der Waals surface area (Å²) in [5, 5.41) is 20.8. The van der Waals surface area contributed by atoms with Crippen LogP contribution in [0.4, 0.5) is 5.69 Å². The highest BCUT2D eigenvalue weighted by Crippen LogP contribution is 2.39. The van der Waals surface area contributed by atoms with Crippen LogP contribution in [0.15, 0.2) is 12.1 Å². The first kappa shape index (κ1) is 20.4. The van der Waals surface area contributed by atoms with Crippen molar-refractivity contribution < 1.29 is 24.4 Å². The SMILES string of the molecule is CCCC.COc1c(O)ccc(C(=O)N2CCC[C@H]2C=O)c1[N+](=O)[O-]. The van der Waals surface area contributed by atoms with E-state index in [2.05, 4.69) is 13.8 Å². The highest BCUT2D eigenvalue weighted by atomic mass is 16.6. The van der Waals surface area contributed by atoms with Gasteiger partial charge in [-0.15, -0.1) is 0 Å². The average molecular weight is 352 g/mol. The first-order chi connectivity index (χ1) is 11.9. The maximum Gasteiger partial charge on any atom is 0.327 e. The van der Waals surface area contributed by atoms with Crippen LogP contribution in [0.2, 0.25) is 0 Å². The number of carbonyl (C=O) groups excluding carboxylic acids is 2. The monoisotopic (exact) mass is 352 g/mol. The minimum Gasteiger partial charge on any atom is -0.504 e. The molecular formula is C17H24N2O6. The van der Waals surface area contributed by atoms with Gasteiger partial charge in [0.15, 0.2) is 5.75 Å². The summed E-state index contributed by atoms with van der Waals surface area (Å²) < 4.78 is 4.81. The molecule has 1 N–H and O–H groups in total. The van der Waals surface area contributed by atoms with Crippen LogP contribution < -0.4 is 4.74 Å². The van der Waals surface area contributed by atoms with Crippen LogP contribution >= 0.6 is 0 Å². The van der Waals surface area contributed by atoms with Gasteiger partial charge in [0, 0.05) is 6.54 Å². The van der Waals surface area contributed by atoms with Gasteiger partial charge in [0.2, 0.25) is 5.75 Å². The third-order valence-electron chi connectivity index (χ3n) is 3.94. The molecule has 1 fully saturated rings. The van der Waals surface area contributed by atoms with Gasteiger partial charge < -0.3 is 19.5 Å². The molecule has 1 aliphatic rings. The van der Waals surface area contributed by atoms with Gasteiger partial charge in [-0.2, -0.15) is 0 Å². The van der Waals surface area contributed by atoms with Crippen molar-refractivity contribution in [3.63, 3.8) is 0 Å². The number of phenolic OH excluding ortho intramolecular Hbond substituents is 1. The number of benzene rings is 1. The van der Waals surface area contributed by atoms with Crippen LogP contribution in [0.3, 0.4) is 0 Å². The smallest absolute Gasteiger partial charge is 0.327 e. The van der Waals surface area contributed by atoms with E-state index >= 15 is 0 Å². The highest BCUT2D eigenvalue weighted by molar-refractivity contribution is 6.01. The number of carbonyl (C=O) groups is 2. The van der Waals surface area contributed by atoms with E-state index in [4.69, 9.17) is 4.74 Å². The minimum atomic E-state index is -0.780. The molecule has 0 radical (unpaired) electrons. The zero-order valence-electron chi connectivity index (χ0n) is 14.7. The fraction of sp³-hybridized carbons (Fsp3) is 0.529. The number of aromatic hydroxyl groups is 1. The molecule has 1 aliphatic heterocycles. The van der Waals surface area contributed by atoms with E-state index < -0.39 is 28.3 Å². The van der Waals surface area contributed by atoms with Crippen LogP contribution in [0.5, 0.6) is 11.5 Å². The molecule has 1 aromatic carbocycles. The van der Waals surface area contributed by atoms with Gasteiger partial charge in [-0.3, -0.25) is 14.9 Å². The zero-order valence-corrected chi connectivity index (χ0v) is 14.7. The van der Waals surface area contributed by atoms with E-state index in [1.807, 2.05) is 0 Å². The Morgan fingerprint density at radius 1 is 1.44 bits per heavy atom. The summed E-state index contributed by atoms with van der Waals surface area (Å²) in [6, 6.07) is 1.75. The Morgan fingerprint density at radius 3 is 2.56 bits per heavy atom. The molecular weight excluding hydrogens is 328 g/mol. The molecule has 0 unspecified atom stereocenters. The number of unbranched alkanes of at least 4 members (excludes halogenated alkanes) is 1. The number of nitro groups is 1. The van der Waals surface area contributed by atoms with Crippen LogP contribution in [0.25, 0.3) is 0 Å². The Labute approximate surface area is 146 Å². The van der Waals surface area contributed by atoms with Crippen molar-refractivity contribution in [3.05, 3.63) is 27.8 Å². The van der Waals surface area contributed by atoms with E-state index in [0.29, 0.717) is 25.7 Å². The number of hydrogen-bond acceptors (Lipinski definition) is 6. The van der Waals surface area contributed by atoms with Gasteiger partial charge in [0.25, 0.3) is 5.91 Å². The summed E-state index contributed by atoms with van der Waals surface area (Å²) >= 11 is 0. The number of rotatable bonds is 5. The fourth-order valence-corrected chi connectivity index (χ4v) is 2.46. The summed E-state index contributed by atoms with van der Waals surface area (Å²) in [6.07, 6.45) is 4.50. The highest BCUT2D eigenvalue weighted by Gasteiger charge is 2.35. The predicted molar refractivity (Wildman–Crippen MR) is 92.0 cm³/mol. The lowest BCUT2D eigenvalue weighted by Gasteiger charge is -2.20. The maximum absolute atomic E-state index is 12.4. The number of likely N-dealkylation sites (tertiary alicyclic amines) is 1. The summed E-state index contributed by atoms with van der Waals surface area (Å²) in [4.78, 5) is 35.1. The lowest BCUT2D eigenvalue weighted by molar-refractivity contribution is -0.386. The Morgan fingerprint density at radius 2 is 2.08 bits per heavy atom. The third-order valence-corrected chi connectivity index (χ3v) is 3.94.